The number of rotatable bonds is 5. The SMILES string of the molecule is O=C1CCC(N2C(=O)c3cccc(CN4CCCC(OC5CNC5)C4)c3C2=O)C(=O)N1. The minimum atomic E-state index is -0.943. The molecule has 2 atom stereocenters. The molecule has 1 aromatic carbocycles. The summed E-state index contributed by atoms with van der Waals surface area (Å²) in [7, 11) is 0. The van der Waals surface area contributed by atoms with Crippen LogP contribution in [0.3, 0.4) is 0 Å². The molecule has 0 spiro atoms. The molecule has 4 heterocycles. The van der Waals surface area contributed by atoms with Crippen LogP contribution >= 0.6 is 0 Å². The quantitative estimate of drug-likeness (QED) is 0.640. The Labute approximate surface area is 180 Å². The van der Waals surface area contributed by atoms with Crippen molar-refractivity contribution in [3.8, 4) is 0 Å². The van der Waals surface area contributed by atoms with Crippen molar-refractivity contribution in [1.82, 2.24) is 20.4 Å². The second kappa shape index (κ2) is 8.14. The van der Waals surface area contributed by atoms with E-state index in [-0.39, 0.29) is 31.0 Å². The summed E-state index contributed by atoms with van der Waals surface area (Å²) >= 11 is 0. The molecular weight excluding hydrogens is 400 g/mol. The average Bonchev–Trinajstić information content (AvgIpc) is 2.97. The van der Waals surface area contributed by atoms with Gasteiger partial charge in [-0.05, 0) is 37.4 Å². The highest BCUT2D eigenvalue weighted by atomic mass is 16.5. The van der Waals surface area contributed by atoms with Crippen LogP contribution in [0.5, 0.6) is 0 Å². The van der Waals surface area contributed by atoms with Crippen LogP contribution in [0.2, 0.25) is 0 Å². The lowest BCUT2D eigenvalue weighted by Gasteiger charge is -2.37. The molecule has 4 aliphatic heterocycles. The molecule has 0 aliphatic carbocycles. The number of nitrogens with zero attached hydrogens (tertiary/aromatic N) is 2. The number of fused-ring (bicyclic) bond motifs is 1. The second-order valence-electron chi connectivity index (χ2n) is 8.70. The molecule has 9 nitrogen and oxygen atoms in total. The van der Waals surface area contributed by atoms with Gasteiger partial charge in [-0.25, -0.2) is 0 Å². The average molecular weight is 426 g/mol. The molecule has 2 N–H and O–H groups in total. The van der Waals surface area contributed by atoms with Gasteiger partial charge in [0.05, 0.1) is 23.3 Å². The Hall–Kier alpha value is -2.62. The summed E-state index contributed by atoms with van der Waals surface area (Å²) in [6, 6.07) is 4.35. The van der Waals surface area contributed by atoms with Gasteiger partial charge in [0.25, 0.3) is 11.8 Å². The highest BCUT2D eigenvalue weighted by Crippen LogP contribution is 2.31. The molecule has 4 aliphatic rings. The smallest absolute Gasteiger partial charge is 0.262 e. The maximum Gasteiger partial charge on any atom is 0.262 e. The van der Waals surface area contributed by atoms with Crippen molar-refractivity contribution in [2.45, 2.75) is 50.5 Å². The zero-order valence-electron chi connectivity index (χ0n) is 17.3. The molecule has 31 heavy (non-hydrogen) atoms. The maximum atomic E-state index is 13.2. The minimum Gasteiger partial charge on any atom is -0.371 e. The van der Waals surface area contributed by atoms with Gasteiger partial charge in [0.1, 0.15) is 6.04 Å². The minimum absolute atomic E-state index is 0.113. The van der Waals surface area contributed by atoms with Gasteiger partial charge in [-0.1, -0.05) is 12.1 Å². The number of carbonyl (C=O) groups excluding carboxylic acids is 4. The fourth-order valence-corrected chi connectivity index (χ4v) is 4.86. The first-order valence-electron chi connectivity index (χ1n) is 10.9. The number of imide groups is 2. The predicted molar refractivity (Wildman–Crippen MR) is 109 cm³/mol. The van der Waals surface area contributed by atoms with Crippen molar-refractivity contribution in [2.75, 3.05) is 26.2 Å². The monoisotopic (exact) mass is 426 g/mol. The van der Waals surface area contributed by atoms with Crippen LogP contribution in [-0.4, -0.2) is 77.9 Å². The van der Waals surface area contributed by atoms with Gasteiger partial charge in [0, 0.05) is 32.6 Å². The number of piperidine rings is 2. The Morgan fingerprint density at radius 1 is 1.03 bits per heavy atom. The molecule has 3 fully saturated rings. The molecule has 164 valence electrons. The summed E-state index contributed by atoms with van der Waals surface area (Å²) in [6.07, 6.45) is 2.78. The molecule has 1 aromatic rings. The van der Waals surface area contributed by atoms with Crippen molar-refractivity contribution < 1.29 is 23.9 Å². The van der Waals surface area contributed by atoms with E-state index < -0.39 is 23.8 Å². The lowest BCUT2D eigenvalue weighted by molar-refractivity contribution is -0.136. The number of nitrogens with one attached hydrogen (secondary N) is 2. The number of carbonyl (C=O) groups is 4. The number of hydrogen-bond acceptors (Lipinski definition) is 7. The van der Waals surface area contributed by atoms with E-state index in [1.165, 1.54) is 0 Å². The standard InChI is InChI=1S/C22H26N4O5/c27-18-7-6-17(20(28)24-18)26-21(29)16-5-1-3-13(19(16)22(26)30)11-25-8-2-4-14(12-25)31-15-9-23-10-15/h1,3,5,14-15,17,23H,2,4,6-12H2,(H,24,27,28). The molecule has 0 saturated carbocycles. The van der Waals surface area contributed by atoms with Crippen LogP contribution < -0.4 is 10.6 Å². The Bertz CT molecular complexity index is 944. The first-order valence-corrected chi connectivity index (χ1v) is 10.9. The van der Waals surface area contributed by atoms with E-state index >= 15 is 0 Å². The Balaban J connectivity index is 1.33. The molecule has 4 amide bonds. The normalized spacial score (nSPS) is 27.3. The van der Waals surface area contributed by atoms with E-state index in [2.05, 4.69) is 15.5 Å². The van der Waals surface area contributed by atoms with Crippen LogP contribution in [0.4, 0.5) is 0 Å². The van der Waals surface area contributed by atoms with Crippen molar-refractivity contribution in [3.63, 3.8) is 0 Å². The second-order valence-corrected chi connectivity index (χ2v) is 8.70. The first kappa shape index (κ1) is 20.3. The maximum absolute atomic E-state index is 13.2. The van der Waals surface area contributed by atoms with Gasteiger partial charge in [-0.3, -0.25) is 34.3 Å². The van der Waals surface area contributed by atoms with E-state index in [0.29, 0.717) is 17.7 Å². The van der Waals surface area contributed by atoms with Crippen molar-refractivity contribution in [2.24, 2.45) is 0 Å². The molecule has 0 aromatic heterocycles. The molecular formula is C22H26N4O5. The van der Waals surface area contributed by atoms with E-state index in [1.54, 1.807) is 12.1 Å². The Morgan fingerprint density at radius 3 is 2.61 bits per heavy atom. The zero-order chi connectivity index (χ0) is 21.5. The Kier molecular flexibility index (Phi) is 5.33. The fourth-order valence-electron chi connectivity index (χ4n) is 4.86. The highest BCUT2D eigenvalue weighted by molar-refractivity contribution is 6.24. The summed E-state index contributed by atoms with van der Waals surface area (Å²) in [5.74, 6) is -1.88. The van der Waals surface area contributed by atoms with Crippen LogP contribution in [0, 0.1) is 0 Å². The van der Waals surface area contributed by atoms with Crippen LogP contribution in [0.25, 0.3) is 0 Å². The fraction of sp³-hybridized carbons (Fsp3) is 0.545. The topological polar surface area (TPSA) is 108 Å². The molecule has 3 saturated heterocycles. The molecule has 2 unspecified atom stereocenters. The van der Waals surface area contributed by atoms with Crippen LogP contribution in [0.1, 0.15) is 52.0 Å². The predicted octanol–water partition coefficient (Wildman–Crippen LogP) is 0.0406. The van der Waals surface area contributed by atoms with Gasteiger partial charge < -0.3 is 10.1 Å². The van der Waals surface area contributed by atoms with E-state index in [1.807, 2.05) is 6.07 Å². The first-order chi connectivity index (χ1) is 15.0. The number of benzene rings is 1. The summed E-state index contributed by atoms with van der Waals surface area (Å²) < 4.78 is 6.14. The molecule has 0 bridgehead atoms. The van der Waals surface area contributed by atoms with Gasteiger partial charge in [0.15, 0.2) is 0 Å². The number of likely N-dealkylation sites (tertiary alicyclic amines) is 1. The molecule has 9 heteroatoms. The summed E-state index contributed by atoms with van der Waals surface area (Å²) in [5.41, 5.74) is 1.50. The zero-order valence-corrected chi connectivity index (χ0v) is 17.3. The summed E-state index contributed by atoms with van der Waals surface area (Å²) in [5, 5.41) is 5.45. The van der Waals surface area contributed by atoms with E-state index in [0.717, 1.165) is 49.5 Å². The third-order valence-corrected chi connectivity index (χ3v) is 6.54. The van der Waals surface area contributed by atoms with E-state index in [9.17, 15) is 19.2 Å². The molecule has 5 rings (SSSR count). The van der Waals surface area contributed by atoms with Gasteiger partial charge in [-0.15, -0.1) is 0 Å². The van der Waals surface area contributed by atoms with E-state index in [4.69, 9.17) is 4.74 Å². The van der Waals surface area contributed by atoms with Crippen LogP contribution in [-0.2, 0) is 20.9 Å². The lowest BCUT2D eigenvalue weighted by atomic mass is 10.0. The number of ether oxygens (including phenoxy) is 1. The number of amides is 4. The molecule has 0 radical (unpaired) electrons. The highest BCUT2D eigenvalue weighted by Gasteiger charge is 2.45. The largest absolute Gasteiger partial charge is 0.371 e. The summed E-state index contributed by atoms with van der Waals surface area (Å²) in [4.78, 5) is 53.3. The van der Waals surface area contributed by atoms with Crippen molar-refractivity contribution in [3.05, 3.63) is 34.9 Å². The van der Waals surface area contributed by atoms with Gasteiger partial charge in [0.2, 0.25) is 11.8 Å². The lowest BCUT2D eigenvalue weighted by Crippen LogP contribution is -2.54. The van der Waals surface area contributed by atoms with Crippen LogP contribution in [0.15, 0.2) is 18.2 Å². The van der Waals surface area contributed by atoms with Crippen molar-refractivity contribution in [1.29, 1.82) is 0 Å². The third kappa shape index (κ3) is 3.77. The summed E-state index contributed by atoms with van der Waals surface area (Å²) in [6.45, 7) is 4.05. The Morgan fingerprint density at radius 2 is 1.87 bits per heavy atom. The third-order valence-electron chi connectivity index (χ3n) is 6.54. The number of hydrogen-bond donors (Lipinski definition) is 2. The van der Waals surface area contributed by atoms with Gasteiger partial charge in [-0.2, -0.15) is 0 Å². The van der Waals surface area contributed by atoms with Gasteiger partial charge >= 0.3 is 0 Å². The van der Waals surface area contributed by atoms with Crippen molar-refractivity contribution >= 4 is 23.6 Å².